The molecule has 1 atom stereocenters. The van der Waals surface area contributed by atoms with Gasteiger partial charge in [0.05, 0.1) is 0 Å². The van der Waals surface area contributed by atoms with Gasteiger partial charge < -0.3 is 10.6 Å². The fourth-order valence-electron chi connectivity index (χ4n) is 1.60. The van der Waals surface area contributed by atoms with Crippen LogP contribution in [-0.4, -0.2) is 29.3 Å². The first kappa shape index (κ1) is 8.90. The second-order valence-corrected chi connectivity index (χ2v) is 4.61. The van der Waals surface area contributed by atoms with Crippen LogP contribution in [0.1, 0.15) is 17.8 Å². The average molecular weight is 198 g/mol. The zero-order valence-corrected chi connectivity index (χ0v) is 8.55. The van der Waals surface area contributed by atoms with Gasteiger partial charge in [-0.3, -0.25) is 0 Å². The van der Waals surface area contributed by atoms with Gasteiger partial charge in [-0.25, -0.2) is 0 Å². The van der Waals surface area contributed by atoms with Gasteiger partial charge in [-0.2, -0.15) is 0 Å². The normalized spacial score (nSPS) is 23.5. The molecule has 0 aromatic carbocycles. The van der Waals surface area contributed by atoms with E-state index >= 15 is 0 Å². The van der Waals surface area contributed by atoms with Gasteiger partial charge in [0.1, 0.15) is 5.01 Å². The fraction of sp³-hybridized carbons (Fsp3) is 0.750. The monoisotopic (exact) mass is 198 g/mol. The Balaban J connectivity index is 2.08. The molecule has 1 fully saturated rings. The molecule has 1 saturated heterocycles. The molecule has 0 radical (unpaired) electrons. The average Bonchev–Trinajstić information content (AvgIpc) is 2.52. The molecule has 2 rings (SSSR count). The van der Waals surface area contributed by atoms with Crippen molar-refractivity contribution in [1.82, 2.24) is 10.2 Å². The maximum atomic E-state index is 5.88. The highest BCUT2D eigenvalue weighted by atomic mass is 32.1. The largest absolute Gasteiger partial charge is 0.345 e. The van der Waals surface area contributed by atoms with Gasteiger partial charge in [0.2, 0.25) is 5.13 Å². The molecular formula is C8H14N4S. The van der Waals surface area contributed by atoms with Gasteiger partial charge in [-0.15, -0.1) is 10.2 Å². The number of aryl methyl sites for hydroxylation is 1. The Morgan fingerprint density at radius 2 is 2.38 bits per heavy atom. The standard InChI is InChI=1S/C8H14N4S/c1-6-10-11-8(13-6)12-4-2-3-7(9)5-12/h7H,2-5,9H2,1H3. The Hall–Kier alpha value is -0.680. The number of anilines is 1. The molecule has 2 N–H and O–H groups in total. The number of hydrogen-bond donors (Lipinski definition) is 1. The van der Waals surface area contributed by atoms with Crippen molar-refractivity contribution in [3.8, 4) is 0 Å². The van der Waals surface area contributed by atoms with E-state index in [9.17, 15) is 0 Å². The van der Waals surface area contributed by atoms with Crippen LogP contribution >= 0.6 is 11.3 Å². The van der Waals surface area contributed by atoms with Crippen molar-refractivity contribution >= 4 is 16.5 Å². The molecule has 1 aliphatic heterocycles. The molecule has 0 bridgehead atoms. The lowest BCUT2D eigenvalue weighted by Gasteiger charge is -2.29. The van der Waals surface area contributed by atoms with E-state index in [-0.39, 0.29) is 0 Å². The minimum atomic E-state index is 0.304. The Bertz CT molecular complexity index is 285. The number of nitrogens with two attached hydrogens (primary N) is 1. The Kier molecular flexibility index (Phi) is 2.46. The summed E-state index contributed by atoms with van der Waals surface area (Å²) >= 11 is 1.64. The van der Waals surface area contributed by atoms with Crippen LogP contribution in [0.4, 0.5) is 5.13 Å². The van der Waals surface area contributed by atoms with E-state index in [0.717, 1.165) is 29.6 Å². The molecule has 0 amide bonds. The zero-order valence-electron chi connectivity index (χ0n) is 7.73. The van der Waals surface area contributed by atoms with Gasteiger partial charge in [0.25, 0.3) is 0 Å². The predicted molar refractivity (Wildman–Crippen MR) is 54.1 cm³/mol. The minimum absolute atomic E-state index is 0.304. The van der Waals surface area contributed by atoms with Gasteiger partial charge in [0.15, 0.2) is 0 Å². The number of rotatable bonds is 1. The third-order valence-electron chi connectivity index (χ3n) is 2.24. The number of aromatic nitrogens is 2. The van der Waals surface area contributed by atoms with E-state index < -0.39 is 0 Å². The highest BCUT2D eigenvalue weighted by molar-refractivity contribution is 7.15. The van der Waals surface area contributed by atoms with E-state index in [1.807, 2.05) is 6.92 Å². The lowest BCUT2D eigenvalue weighted by Crippen LogP contribution is -2.42. The molecule has 0 aliphatic carbocycles. The highest BCUT2D eigenvalue weighted by Crippen LogP contribution is 2.22. The van der Waals surface area contributed by atoms with Gasteiger partial charge in [-0.1, -0.05) is 11.3 Å². The van der Waals surface area contributed by atoms with Gasteiger partial charge in [-0.05, 0) is 19.8 Å². The highest BCUT2D eigenvalue weighted by Gasteiger charge is 2.19. The summed E-state index contributed by atoms with van der Waals surface area (Å²) in [5, 5.41) is 10.2. The first-order valence-corrected chi connectivity index (χ1v) is 5.38. The smallest absolute Gasteiger partial charge is 0.208 e. The second kappa shape index (κ2) is 3.59. The molecule has 4 nitrogen and oxygen atoms in total. The first-order valence-electron chi connectivity index (χ1n) is 4.56. The molecule has 1 aliphatic rings. The summed E-state index contributed by atoms with van der Waals surface area (Å²) in [7, 11) is 0. The van der Waals surface area contributed by atoms with Crippen LogP contribution in [0.3, 0.4) is 0 Å². The molecule has 0 saturated carbocycles. The van der Waals surface area contributed by atoms with Crippen molar-refractivity contribution in [1.29, 1.82) is 0 Å². The Morgan fingerprint density at radius 3 is 3.00 bits per heavy atom. The lowest BCUT2D eigenvalue weighted by atomic mass is 10.1. The molecule has 1 aromatic rings. The summed E-state index contributed by atoms with van der Waals surface area (Å²) in [6.07, 6.45) is 2.30. The van der Waals surface area contributed by atoms with Crippen LogP contribution in [0.15, 0.2) is 0 Å². The molecule has 1 unspecified atom stereocenters. The van der Waals surface area contributed by atoms with Crippen molar-refractivity contribution in [2.24, 2.45) is 5.73 Å². The molecule has 0 spiro atoms. The van der Waals surface area contributed by atoms with Crippen molar-refractivity contribution in [2.75, 3.05) is 18.0 Å². The molecule has 2 heterocycles. The van der Waals surface area contributed by atoms with Crippen molar-refractivity contribution in [3.63, 3.8) is 0 Å². The topological polar surface area (TPSA) is 55.0 Å². The number of nitrogens with zero attached hydrogens (tertiary/aromatic N) is 3. The number of piperidine rings is 1. The van der Waals surface area contributed by atoms with E-state index in [0.29, 0.717) is 6.04 Å². The van der Waals surface area contributed by atoms with E-state index in [1.54, 1.807) is 11.3 Å². The summed E-state index contributed by atoms with van der Waals surface area (Å²) in [6.45, 7) is 3.97. The van der Waals surface area contributed by atoms with E-state index in [4.69, 9.17) is 5.73 Å². The van der Waals surface area contributed by atoms with Crippen molar-refractivity contribution in [3.05, 3.63) is 5.01 Å². The molecular weight excluding hydrogens is 184 g/mol. The SMILES string of the molecule is Cc1nnc(N2CCCC(N)C2)s1. The third kappa shape index (κ3) is 1.97. The van der Waals surface area contributed by atoms with E-state index in [1.165, 1.54) is 6.42 Å². The molecule has 5 heteroatoms. The van der Waals surface area contributed by atoms with Crippen LogP contribution in [0.5, 0.6) is 0 Å². The molecule has 1 aromatic heterocycles. The van der Waals surface area contributed by atoms with Crippen LogP contribution < -0.4 is 10.6 Å². The quantitative estimate of drug-likeness (QED) is 0.724. The first-order chi connectivity index (χ1) is 6.25. The summed E-state index contributed by atoms with van der Waals surface area (Å²) in [5.41, 5.74) is 5.88. The lowest BCUT2D eigenvalue weighted by molar-refractivity contribution is 0.504. The van der Waals surface area contributed by atoms with Crippen LogP contribution in [-0.2, 0) is 0 Å². The van der Waals surface area contributed by atoms with E-state index in [2.05, 4.69) is 15.1 Å². The third-order valence-corrected chi connectivity index (χ3v) is 3.14. The van der Waals surface area contributed by atoms with Crippen molar-refractivity contribution < 1.29 is 0 Å². The maximum Gasteiger partial charge on any atom is 0.208 e. The maximum absolute atomic E-state index is 5.88. The zero-order chi connectivity index (χ0) is 9.26. The Labute approximate surface area is 81.8 Å². The summed E-state index contributed by atoms with van der Waals surface area (Å²) < 4.78 is 0. The van der Waals surface area contributed by atoms with Crippen LogP contribution in [0, 0.1) is 6.92 Å². The fourth-order valence-corrected chi connectivity index (χ4v) is 2.32. The van der Waals surface area contributed by atoms with Gasteiger partial charge in [0, 0.05) is 19.1 Å². The summed E-state index contributed by atoms with van der Waals surface area (Å²) in [4.78, 5) is 2.23. The number of hydrogen-bond acceptors (Lipinski definition) is 5. The predicted octanol–water partition coefficient (Wildman–Crippen LogP) is 0.774. The summed E-state index contributed by atoms with van der Waals surface area (Å²) in [6, 6.07) is 0.304. The molecule has 13 heavy (non-hydrogen) atoms. The molecule has 72 valence electrons. The van der Waals surface area contributed by atoms with Crippen LogP contribution in [0.2, 0.25) is 0 Å². The Morgan fingerprint density at radius 1 is 1.54 bits per heavy atom. The minimum Gasteiger partial charge on any atom is -0.345 e. The second-order valence-electron chi connectivity index (χ2n) is 3.45. The van der Waals surface area contributed by atoms with Gasteiger partial charge >= 0.3 is 0 Å². The summed E-state index contributed by atoms with van der Waals surface area (Å²) in [5.74, 6) is 0. The van der Waals surface area contributed by atoms with Crippen molar-refractivity contribution in [2.45, 2.75) is 25.8 Å². The van der Waals surface area contributed by atoms with Crippen LogP contribution in [0.25, 0.3) is 0 Å².